The number of benzene rings is 1. The molecule has 0 amide bonds. The van der Waals surface area contributed by atoms with Crippen LogP contribution >= 0.6 is 11.6 Å². The van der Waals surface area contributed by atoms with E-state index in [0.29, 0.717) is 0 Å². The average molecular weight is 200 g/mol. The van der Waals surface area contributed by atoms with Gasteiger partial charge in [0, 0.05) is 0 Å². The minimum Gasteiger partial charge on any atom is -0.478 e. The highest BCUT2D eigenvalue weighted by atomic mass is 35.5. The number of nitriles is 1. The highest BCUT2D eigenvalue weighted by Gasteiger charge is 2.17. The van der Waals surface area contributed by atoms with Crippen molar-refractivity contribution in [3.8, 4) is 6.07 Å². The number of nitrogens with zero attached hydrogens (tertiary/aromatic N) is 1. The first-order valence-electron chi connectivity index (χ1n) is 3.19. The van der Waals surface area contributed by atoms with Crippen molar-refractivity contribution in [2.24, 2.45) is 0 Å². The average Bonchev–Trinajstić information content (AvgIpc) is 2.08. The van der Waals surface area contributed by atoms with Crippen LogP contribution < -0.4 is 0 Å². The lowest BCUT2D eigenvalue weighted by Crippen LogP contribution is -2.02. The summed E-state index contributed by atoms with van der Waals surface area (Å²) in [6.45, 7) is 0. The lowest BCUT2D eigenvalue weighted by atomic mass is 10.1. The van der Waals surface area contributed by atoms with E-state index >= 15 is 0 Å². The molecule has 1 aromatic rings. The predicted molar refractivity (Wildman–Crippen MR) is 43.1 cm³/mol. The largest absolute Gasteiger partial charge is 0.478 e. The molecule has 0 atom stereocenters. The molecule has 0 aromatic heterocycles. The summed E-state index contributed by atoms with van der Waals surface area (Å²) in [7, 11) is 0. The summed E-state index contributed by atoms with van der Waals surface area (Å²) < 4.78 is 12.8. The molecule has 0 saturated carbocycles. The minimum atomic E-state index is -1.42. The molecule has 0 bridgehead atoms. The van der Waals surface area contributed by atoms with Crippen molar-refractivity contribution in [3.63, 3.8) is 0 Å². The molecule has 0 heterocycles. The highest BCUT2D eigenvalue weighted by Crippen LogP contribution is 2.23. The van der Waals surface area contributed by atoms with E-state index in [-0.39, 0.29) is 5.56 Å². The maximum Gasteiger partial charge on any atom is 0.338 e. The van der Waals surface area contributed by atoms with Gasteiger partial charge in [0.25, 0.3) is 0 Å². The SMILES string of the molecule is N#Cc1ccc(F)c(Cl)c1C(=O)O. The quantitative estimate of drug-likeness (QED) is 0.753. The molecule has 66 valence electrons. The number of carboxylic acid groups (broad SMARTS) is 1. The summed E-state index contributed by atoms with van der Waals surface area (Å²) in [5.74, 6) is -2.26. The van der Waals surface area contributed by atoms with Crippen molar-refractivity contribution < 1.29 is 14.3 Å². The molecule has 13 heavy (non-hydrogen) atoms. The number of halogens is 2. The molecule has 0 aliphatic heterocycles. The predicted octanol–water partition coefficient (Wildman–Crippen LogP) is 2.05. The molecule has 0 unspecified atom stereocenters. The van der Waals surface area contributed by atoms with Gasteiger partial charge in [0.05, 0.1) is 16.1 Å². The molecule has 0 fully saturated rings. The van der Waals surface area contributed by atoms with Gasteiger partial charge in [0.15, 0.2) is 0 Å². The molecule has 0 spiro atoms. The Balaban J connectivity index is 3.53. The van der Waals surface area contributed by atoms with Gasteiger partial charge in [-0.25, -0.2) is 9.18 Å². The molecule has 0 radical (unpaired) electrons. The lowest BCUT2D eigenvalue weighted by Gasteiger charge is -2.01. The Bertz CT molecular complexity index is 411. The molecule has 0 aliphatic carbocycles. The molecule has 0 aliphatic rings. The molecular formula is C8H3ClFNO2. The van der Waals surface area contributed by atoms with E-state index in [1.54, 1.807) is 6.07 Å². The number of carboxylic acids is 1. The molecule has 1 N–H and O–H groups in total. The van der Waals surface area contributed by atoms with Crippen LogP contribution in [-0.4, -0.2) is 11.1 Å². The third-order valence-corrected chi connectivity index (χ3v) is 1.80. The van der Waals surface area contributed by atoms with Crippen molar-refractivity contribution in [1.82, 2.24) is 0 Å². The fourth-order valence-electron chi connectivity index (χ4n) is 0.853. The zero-order valence-corrected chi connectivity index (χ0v) is 6.97. The number of carbonyl (C=O) groups is 1. The van der Waals surface area contributed by atoms with Gasteiger partial charge >= 0.3 is 5.97 Å². The summed E-state index contributed by atoms with van der Waals surface area (Å²) in [5, 5.41) is 16.6. The summed E-state index contributed by atoms with van der Waals surface area (Å²) in [4.78, 5) is 10.6. The van der Waals surface area contributed by atoms with E-state index in [2.05, 4.69) is 0 Å². The van der Waals surface area contributed by atoms with Crippen LogP contribution in [0.4, 0.5) is 4.39 Å². The lowest BCUT2D eigenvalue weighted by molar-refractivity contribution is 0.0696. The van der Waals surface area contributed by atoms with Gasteiger partial charge < -0.3 is 5.11 Å². The second-order valence-electron chi connectivity index (χ2n) is 2.20. The summed E-state index contributed by atoms with van der Waals surface area (Å²) >= 11 is 5.37. The Labute approximate surface area is 78.0 Å². The second-order valence-corrected chi connectivity index (χ2v) is 2.58. The van der Waals surface area contributed by atoms with Gasteiger partial charge in [-0.05, 0) is 12.1 Å². The standard InChI is InChI=1S/C8H3ClFNO2/c9-7-5(10)2-1-4(3-11)6(7)8(12)13/h1-2H,(H,12,13). The van der Waals surface area contributed by atoms with Crippen LogP contribution in [0.15, 0.2) is 12.1 Å². The molecule has 5 heteroatoms. The van der Waals surface area contributed by atoms with Gasteiger partial charge in [-0.2, -0.15) is 5.26 Å². The molecule has 1 rings (SSSR count). The Hall–Kier alpha value is -1.60. The Kier molecular flexibility index (Phi) is 2.49. The molecule has 3 nitrogen and oxygen atoms in total. The van der Waals surface area contributed by atoms with Gasteiger partial charge in [0.1, 0.15) is 11.9 Å². The first-order chi connectivity index (χ1) is 6.07. The topological polar surface area (TPSA) is 61.1 Å². The van der Waals surface area contributed by atoms with E-state index in [9.17, 15) is 9.18 Å². The zero-order chi connectivity index (χ0) is 10.0. The van der Waals surface area contributed by atoms with Crippen LogP contribution in [0.1, 0.15) is 15.9 Å². The Morgan fingerprint density at radius 1 is 1.62 bits per heavy atom. The van der Waals surface area contributed by atoms with Crippen molar-refractivity contribution in [1.29, 1.82) is 5.26 Å². The fraction of sp³-hybridized carbons (Fsp3) is 0. The van der Waals surface area contributed by atoms with Crippen molar-refractivity contribution in [3.05, 3.63) is 34.1 Å². The van der Waals surface area contributed by atoms with Gasteiger partial charge in [-0.15, -0.1) is 0 Å². The number of hydrogen-bond acceptors (Lipinski definition) is 2. The first-order valence-corrected chi connectivity index (χ1v) is 3.57. The summed E-state index contributed by atoms with van der Waals surface area (Å²) in [6.07, 6.45) is 0. The normalized spacial score (nSPS) is 9.31. The third kappa shape index (κ3) is 1.60. The van der Waals surface area contributed by atoms with Crippen molar-refractivity contribution >= 4 is 17.6 Å². The summed E-state index contributed by atoms with van der Waals surface area (Å²) in [6, 6.07) is 3.64. The van der Waals surface area contributed by atoms with E-state index in [0.717, 1.165) is 12.1 Å². The number of aromatic carboxylic acids is 1. The van der Waals surface area contributed by atoms with Crippen molar-refractivity contribution in [2.45, 2.75) is 0 Å². The third-order valence-electron chi connectivity index (χ3n) is 1.43. The van der Waals surface area contributed by atoms with E-state index in [4.69, 9.17) is 22.0 Å². The molecular weight excluding hydrogens is 197 g/mol. The van der Waals surface area contributed by atoms with Crippen LogP contribution in [-0.2, 0) is 0 Å². The van der Waals surface area contributed by atoms with Crippen LogP contribution in [0.25, 0.3) is 0 Å². The van der Waals surface area contributed by atoms with Crippen LogP contribution in [0.3, 0.4) is 0 Å². The first kappa shape index (κ1) is 9.49. The smallest absolute Gasteiger partial charge is 0.338 e. The number of rotatable bonds is 1. The van der Waals surface area contributed by atoms with E-state index in [1.807, 2.05) is 0 Å². The maximum atomic E-state index is 12.8. The maximum absolute atomic E-state index is 12.8. The van der Waals surface area contributed by atoms with Crippen molar-refractivity contribution in [2.75, 3.05) is 0 Å². The van der Waals surface area contributed by atoms with E-state index in [1.165, 1.54) is 0 Å². The highest BCUT2D eigenvalue weighted by molar-refractivity contribution is 6.33. The number of hydrogen-bond donors (Lipinski definition) is 1. The van der Waals surface area contributed by atoms with Gasteiger partial charge in [-0.1, -0.05) is 11.6 Å². The Morgan fingerprint density at radius 3 is 2.69 bits per heavy atom. The van der Waals surface area contributed by atoms with Crippen LogP contribution in [0.2, 0.25) is 5.02 Å². The van der Waals surface area contributed by atoms with E-state index < -0.39 is 22.4 Å². The Morgan fingerprint density at radius 2 is 2.23 bits per heavy atom. The molecule has 1 aromatic carbocycles. The second kappa shape index (κ2) is 3.42. The zero-order valence-electron chi connectivity index (χ0n) is 6.21. The minimum absolute atomic E-state index is 0.154. The van der Waals surface area contributed by atoms with Gasteiger partial charge in [0.2, 0.25) is 0 Å². The van der Waals surface area contributed by atoms with Crippen LogP contribution in [0.5, 0.6) is 0 Å². The van der Waals surface area contributed by atoms with Crippen LogP contribution in [0, 0.1) is 17.1 Å². The summed E-state index contributed by atoms with van der Waals surface area (Å²) in [5.41, 5.74) is -0.650. The molecule has 0 saturated heterocycles. The fourth-order valence-corrected chi connectivity index (χ4v) is 1.10. The van der Waals surface area contributed by atoms with Gasteiger partial charge in [-0.3, -0.25) is 0 Å². The monoisotopic (exact) mass is 199 g/mol.